The second-order valence-electron chi connectivity index (χ2n) is 6.09. The van der Waals surface area contributed by atoms with E-state index < -0.39 is 0 Å². The molecule has 4 heteroatoms. The van der Waals surface area contributed by atoms with Gasteiger partial charge >= 0.3 is 0 Å². The highest BCUT2D eigenvalue weighted by Gasteiger charge is 2.21. The molecule has 0 fully saturated rings. The van der Waals surface area contributed by atoms with Crippen molar-refractivity contribution in [3.8, 4) is 0 Å². The van der Waals surface area contributed by atoms with Crippen molar-refractivity contribution in [2.24, 2.45) is 0 Å². The number of thiophene rings is 1. The van der Waals surface area contributed by atoms with Crippen molar-refractivity contribution >= 4 is 17.2 Å². The molecular formula is C17H22N2OS. The third-order valence-electron chi connectivity index (χ3n) is 3.35. The van der Waals surface area contributed by atoms with Crippen LogP contribution in [-0.4, -0.2) is 22.3 Å². The highest BCUT2D eigenvalue weighted by molar-refractivity contribution is 7.14. The van der Waals surface area contributed by atoms with Gasteiger partial charge < -0.3 is 4.90 Å². The SMILES string of the molecule is CCN(Cc1ccncc1)C(=O)c1ccc(C(C)(C)C)s1. The van der Waals surface area contributed by atoms with Crippen molar-refractivity contribution in [1.82, 2.24) is 9.88 Å². The summed E-state index contributed by atoms with van der Waals surface area (Å²) in [5.41, 5.74) is 1.19. The number of amides is 1. The van der Waals surface area contributed by atoms with Crippen molar-refractivity contribution in [3.05, 3.63) is 52.0 Å². The second kappa shape index (κ2) is 6.39. The lowest BCUT2D eigenvalue weighted by molar-refractivity contribution is 0.0757. The van der Waals surface area contributed by atoms with Gasteiger partial charge in [0.1, 0.15) is 0 Å². The Hall–Kier alpha value is -1.68. The summed E-state index contributed by atoms with van der Waals surface area (Å²) in [5, 5.41) is 0. The molecule has 0 bridgehead atoms. The van der Waals surface area contributed by atoms with Gasteiger partial charge in [0.05, 0.1) is 4.88 Å². The fourth-order valence-electron chi connectivity index (χ4n) is 2.05. The standard InChI is InChI=1S/C17H22N2OS/c1-5-19(12-13-8-10-18-11-9-13)16(20)14-6-7-15(21-14)17(2,3)4/h6-11H,5,12H2,1-4H3. The zero-order valence-corrected chi connectivity index (χ0v) is 13.9. The van der Waals surface area contributed by atoms with E-state index in [1.807, 2.05) is 30.0 Å². The molecule has 2 aromatic heterocycles. The first-order chi connectivity index (χ1) is 9.91. The Morgan fingerprint density at radius 1 is 1.19 bits per heavy atom. The zero-order chi connectivity index (χ0) is 15.5. The molecule has 0 radical (unpaired) electrons. The number of carbonyl (C=O) groups is 1. The number of hydrogen-bond donors (Lipinski definition) is 0. The molecule has 0 N–H and O–H groups in total. The van der Waals surface area contributed by atoms with E-state index in [-0.39, 0.29) is 11.3 Å². The summed E-state index contributed by atoms with van der Waals surface area (Å²) in [6, 6.07) is 7.91. The summed E-state index contributed by atoms with van der Waals surface area (Å²) >= 11 is 1.60. The van der Waals surface area contributed by atoms with Gasteiger partial charge in [0.25, 0.3) is 5.91 Å². The van der Waals surface area contributed by atoms with Crippen LogP contribution >= 0.6 is 11.3 Å². The van der Waals surface area contributed by atoms with Crippen LogP contribution in [0.3, 0.4) is 0 Å². The lowest BCUT2D eigenvalue weighted by atomic mass is 9.95. The van der Waals surface area contributed by atoms with Gasteiger partial charge in [0, 0.05) is 30.4 Å². The Morgan fingerprint density at radius 3 is 2.38 bits per heavy atom. The Balaban J connectivity index is 2.15. The summed E-state index contributed by atoms with van der Waals surface area (Å²) < 4.78 is 0. The third-order valence-corrected chi connectivity index (χ3v) is 4.85. The third kappa shape index (κ3) is 3.91. The normalized spacial score (nSPS) is 11.4. The van der Waals surface area contributed by atoms with E-state index in [1.54, 1.807) is 23.7 Å². The fraction of sp³-hybridized carbons (Fsp3) is 0.412. The van der Waals surface area contributed by atoms with Gasteiger partial charge in [0.2, 0.25) is 0 Å². The molecule has 0 aliphatic rings. The van der Waals surface area contributed by atoms with Crippen LogP contribution in [0.15, 0.2) is 36.7 Å². The molecule has 21 heavy (non-hydrogen) atoms. The molecule has 2 aromatic rings. The highest BCUT2D eigenvalue weighted by atomic mass is 32.1. The molecule has 2 rings (SSSR count). The van der Waals surface area contributed by atoms with E-state index in [4.69, 9.17) is 0 Å². The van der Waals surface area contributed by atoms with Crippen LogP contribution < -0.4 is 0 Å². The molecule has 0 unspecified atom stereocenters. The number of nitrogens with zero attached hydrogens (tertiary/aromatic N) is 2. The Kier molecular flexibility index (Phi) is 4.78. The van der Waals surface area contributed by atoms with Crippen LogP contribution in [0.4, 0.5) is 0 Å². The van der Waals surface area contributed by atoms with E-state index in [9.17, 15) is 4.79 Å². The lowest BCUT2D eigenvalue weighted by Gasteiger charge is -2.20. The van der Waals surface area contributed by atoms with Gasteiger partial charge in [-0.25, -0.2) is 0 Å². The number of hydrogen-bond acceptors (Lipinski definition) is 3. The highest BCUT2D eigenvalue weighted by Crippen LogP contribution is 2.30. The van der Waals surface area contributed by atoms with Gasteiger partial charge in [-0.15, -0.1) is 11.3 Å². The van der Waals surface area contributed by atoms with Gasteiger partial charge in [-0.05, 0) is 42.2 Å². The van der Waals surface area contributed by atoms with Crippen LogP contribution in [-0.2, 0) is 12.0 Å². The van der Waals surface area contributed by atoms with E-state index in [0.29, 0.717) is 13.1 Å². The zero-order valence-electron chi connectivity index (χ0n) is 13.1. The van der Waals surface area contributed by atoms with Crippen molar-refractivity contribution in [3.63, 3.8) is 0 Å². The number of carbonyl (C=O) groups excluding carboxylic acids is 1. The quantitative estimate of drug-likeness (QED) is 0.852. The van der Waals surface area contributed by atoms with Crippen LogP contribution in [0.5, 0.6) is 0 Å². The average Bonchev–Trinajstić information content (AvgIpc) is 2.95. The molecule has 112 valence electrons. The summed E-state index contributed by atoms with van der Waals surface area (Å²) in [6.45, 7) is 9.84. The van der Waals surface area contributed by atoms with Gasteiger partial charge in [-0.1, -0.05) is 20.8 Å². The number of rotatable bonds is 4. The maximum Gasteiger partial charge on any atom is 0.264 e. The predicted molar refractivity (Wildman–Crippen MR) is 87.7 cm³/mol. The van der Waals surface area contributed by atoms with Gasteiger partial charge in [-0.3, -0.25) is 9.78 Å². The van der Waals surface area contributed by atoms with Crippen LogP contribution in [0.25, 0.3) is 0 Å². The van der Waals surface area contributed by atoms with E-state index >= 15 is 0 Å². The first-order valence-corrected chi connectivity index (χ1v) is 8.02. The maximum absolute atomic E-state index is 12.6. The molecule has 0 saturated heterocycles. The summed E-state index contributed by atoms with van der Waals surface area (Å²) in [5.74, 6) is 0.106. The minimum atomic E-state index is 0.0886. The van der Waals surface area contributed by atoms with Crippen LogP contribution in [0.2, 0.25) is 0 Å². The van der Waals surface area contributed by atoms with E-state index in [1.165, 1.54) is 4.88 Å². The minimum Gasteiger partial charge on any atom is -0.334 e. The van der Waals surface area contributed by atoms with Gasteiger partial charge in [-0.2, -0.15) is 0 Å². The monoisotopic (exact) mass is 302 g/mol. The van der Waals surface area contributed by atoms with E-state index in [2.05, 4.69) is 31.8 Å². The molecule has 3 nitrogen and oxygen atoms in total. The van der Waals surface area contributed by atoms with Crippen molar-refractivity contribution in [2.45, 2.75) is 39.7 Å². The molecule has 0 spiro atoms. The summed E-state index contributed by atoms with van der Waals surface area (Å²) in [6.07, 6.45) is 3.52. The first kappa shape index (κ1) is 15.7. The second-order valence-corrected chi connectivity index (χ2v) is 7.17. The lowest BCUT2D eigenvalue weighted by Crippen LogP contribution is -2.29. The molecular weight excluding hydrogens is 280 g/mol. The largest absolute Gasteiger partial charge is 0.334 e. The molecule has 1 amide bonds. The summed E-state index contributed by atoms with van der Waals surface area (Å²) in [4.78, 5) is 20.6. The van der Waals surface area contributed by atoms with E-state index in [0.717, 1.165) is 10.4 Å². The van der Waals surface area contributed by atoms with Crippen LogP contribution in [0, 0.1) is 0 Å². The molecule has 0 aliphatic heterocycles. The fourth-order valence-corrected chi connectivity index (χ4v) is 3.08. The Morgan fingerprint density at radius 2 is 1.86 bits per heavy atom. The number of pyridine rings is 1. The van der Waals surface area contributed by atoms with Crippen LogP contribution in [0.1, 0.15) is 47.8 Å². The first-order valence-electron chi connectivity index (χ1n) is 7.20. The summed E-state index contributed by atoms with van der Waals surface area (Å²) in [7, 11) is 0. The minimum absolute atomic E-state index is 0.0886. The number of aromatic nitrogens is 1. The average molecular weight is 302 g/mol. The van der Waals surface area contributed by atoms with Gasteiger partial charge in [0.15, 0.2) is 0 Å². The molecule has 2 heterocycles. The Labute approximate surface area is 130 Å². The molecule has 0 atom stereocenters. The molecule has 0 aromatic carbocycles. The molecule has 0 saturated carbocycles. The molecule has 0 aliphatic carbocycles. The van der Waals surface area contributed by atoms with Crippen molar-refractivity contribution in [2.75, 3.05) is 6.54 Å². The topological polar surface area (TPSA) is 33.2 Å². The Bertz CT molecular complexity index is 599. The van der Waals surface area contributed by atoms with Crippen molar-refractivity contribution < 1.29 is 4.79 Å². The smallest absolute Gasteiger partial charge is 0.264 e. The maximum atomic E-state index is 12.6. The van der Waals surface area contributed by atoms with Crippen molar-refractivity contribution in [1.29, 1.82) is 0 Å². The predicted octanol–water partition coefficient (Wildman–Crippen LogP) is 4.10.